The van der Waals surface area contributed by atoms with Crippen molar-refractivity contribution in [1.82, 2.24) is 25.0 Å². The number of aromatic nitrogens is 3. The SMILES string of the molecule is COC(=O)c1ccc(C2(NC(=O)c3cnn4c3CN(C(=O)OC(C)(C)C)CC4)CC2)nc1. The average molecular weight is 441 g/mol. The number of fused-ring (bicyclic) bond motifs is 1. The highest BCUT2D eigenvalue weighted by Gasteiger charge is 2.47. The minimum atomic E-state index is -0.594. The van der Waals surface area contributed by atoms with Gasteiger partial charge in [-0.3, -0.25) is 14.5 Å². The highest BCUT2D eigenvalue weighted by atomic mass is 16.6. The molecule has 1 saturated carbocycles. The molecular formula is C22H27N5O5. The van der Waals surface area contributed by atoms with E-state index in [2.05, 4.69) is 15.4 Å². The Morgan fingerprint density at radius 1 is 1.12 bits per heavy atom. The van der Waals surface area contributed by atoms with Crippen molar-refractivity contribution in [1.29, 1.82) is 0 Å². The normalized spacial score (nSPS) is 16.7. The van der Waals surface area contributed by atoms with Gasteiger partial charge in [0.15, 0.2) is 0 Å². The summed E-state index contributed by atoms with van der Waals surface area (Å²) in [5.74, 6) is -0.729. The zero-order chi connectivity index (χ0) is 23.1. The third kappa shape index (κ3) is 4.30. The largest absolute Gasteiger partial charge is 0.465 e. The van der Waals surface area contributed by atoms with Gasteiger partial charge in [0.2, 0.25) is 0 Å². The van der Waals surface area contributed by atoms with Crippen LogP contribution in [0, 0.1) is 0 Å². The number of amides is 2. The first-order valence-corrected chi connectivity index (χ1v) is 10.5. The standard InChI is InChI=1S/C22H27N5O5/c1-21(2,3)32-20(30)26-9-10-27-16(13-26)15(12-24-27)18(28)25-22(7-8-22)17-6-5-14(11-23-17)19(29)31-4/h5-6,11-12H,7-10,13H2,1-4H3,(H,25,28). The van der Waals surface area contributed by atoms with Gasteiger partial charge in [0, 0.05) is 12.7 Å². The van der Waals surface area contributed by atoms with Crippen molar-refractivity contribution in [3.8, 4) is 0 Å². The smallest absolute Gasteiger partial charge is 0.410 e. The lowest BCUT2D eigenvalue weighted by molar-refractivity contribution is 0.0192. The van der Waals surface area contributed by atoms with Gasteiger partial charge in [-0.25, -0.2) is 9.59 Å². The third-order valence-electron chi connectivity index (χ3n) is 5.55. The van der Waals surface area contributed by atoms with Crippen LogP contribution in [0.25, 0.3) is 0 Å². The zero-order valence-corrected chi connectivity index (χ0v) is 18.7. The van der Waals surface area contributed by atoms with Crippen molar-refractivity contribution in [2.45, 2.75) is 57.8 Å². The molecule has 2 aromatic rings. The Kier molecular flexibility index (Phi) is 5.39. The molecule has 0 saturated heterocycles. The Balaban J connectivity index is 1.48. The zero-order valence-electron chi connectivity index (χ0n) is 18.7. The number of nitrogens with zero attached hydrogens (tertiary/aromatic N) is 4. The maximum absolute atomic E-state index is 13.1. The second-order valence-corrected chi connectivity index (χ2v) is 9.09. The van der Waals surface area contributed by atoms with Crippen molar-refractivity contribution in [3.05, 3.63) is 47.0 Å². The lowest BCUT2D eigenvalue weighted by atomic mass is 10.1. The van der Waals surface area contributed by atoms with Gasteiger partial charge in [-0.1, -0.05) is 0 Å². The molecule has 10 nitrogen and oxygen atoms in total. The Morgan fingerprint density at radius 3 is 2.47 bits per heavy atom. The number of hydrogen-bond acceptors (Lipinski definition) is 7. The molecule has 10 heteroatoms. The number of carbonyl (C=O) groups is 3. The molecular weight excluding hydrogens is 414 g/mol. The predicted octanol–water partition coefficient (Wildman–Crippen LogP) is 2.23. The van der Waals surface area contributed by atoms with Crippen LogP contribution in [0.3, 0.4) is 0 Å². The molecule has 4 rings (SSSR count). The van der Waals surface area contributed by atoms with E-state index in [0.29, 0.717) is 35.6 Å². The first-order chi connectivity index (χ1) is 15.1. The van der Waals surface area contributed by atoms with Crippen LogP contribution in [0.4, 0.5) is 4.79 Å². The molecule has 0 unspecified atom stereocenters. The molecule has 1 fully saturated rings. The highest BCUT2D eigenvalue weighted by Crippen LogP contribution is 2.44. The van der Waals surface area contributed by atoms with Gasteiger partial charge in [-0.05, 0) is 45.7 Å². The number of rotatable bonds is 4. The van der Waals surface area contributed by atoms with E-state index in [0.717, 1.165) is 12.8 Å². The molecule has 2 aliphatic rings. The van der Waals surface area contributed by atoms with Gasteiger partial charge in [0.25, 0.3) is 5.91 Å². The lowest BCUT2D eigenvalue weighted by Crippen LogP contribution is -2.42. The predicted molar refractivity (Wildman–Crippen MR) is 113 cm³/mol. The van der Waals surface area contributed by atoms with E-state index in [1.165, 1.54) is 19.5 Å². The summed E-state index contributed by atoms with van der Waals surface area (Å²) in [6.45, 7) is 6.65. The molecule has 1 aliphatic carbocycles. The number of nitrogens with one attached hydrogen (secondary N) is 1. The van der Waals surface area contributed by atoms with E-state index < -0.39 is 23.2 Å². The molecule has 170 valence electrons. The number of methoxy groups -OCH3 is 1. The van der Waals surface area contributed by atoms with Crippen LogP contribution in [0.15, 0.2) is 24.5 Å². The topological polar surface area (TPSA) is 116 Å². The molecule has 2 aromatic heterocycles. The van der Waals surface area contributed by atoms with E-state index in [9.17, 15) is 14.4 Å². The van der Waals surface area contributed by atoms with Gasteiger partial charge >= 0.3 is 12.1 Å². The molecule has 0 radical (unpaired) electrons. The van der Waals surface area contributed by atoms with Gasteiger partial charge in [0.05, 0.1) is 54.4 Å². The van der Waals surface area contributed by atoms with Crippen molar-refractivity contribution in [3.63, 3.8) is 0 Å². The van der Waals surface area contributed by atoms with E-state index in [-0.39, 0.29) is 12.5 Å². The molecule has 0 bridgehead atoms. The van der Waals surface area contributed by atoms with Crippen molar-refractivity contribution >= 4 is 18.0 Å². The molecule has 32 heavy (non-hydrogen) atoms. The van der Waals surface area contributed by atoms with Gasteiger partial charge < -0.3 is 19.7 Å². The first-order valence-electron chi connectivity index (χ1n) is 10.5. The van der Waals surface area contributed by atoms with E-state index in [1.54, 1.807) is 21.7 Å². The number of ether oxygens (including phenoxy) is 2. The molecule has 1 aliphatic heterocycles. The van der Waals surface area contributed by atoms with Gasteiger partial charge in [0.1, 0.15) is 5.60 Å². The fourth-order valence-electron chi connectivity index (χ4n) is 3.69. The number of hydrogen-bond donors (Lipinski definition) is 1. The van der Waals surface area contributed by atoms with Gasteiger partial charge in [-0.15, -0.1) is 0 Å². The van der Waals surface area contributed by atoms with Crippen molar-refractivity contribution in [2.75, 3.05) is 13.7 Å². The summed E-state index contributed by atoms with van der Waals surface area (Å²) in [5, 5.41) is 7.40. The Hall–Kier alpha value is -3.43. The Bertz CT molecular complexity index is 1050. The summed E-state index contributed by atoms with van der Waals surface area (Å²) in [4.78, 5) is 43.2. The minimum absolute atomic E-state index is 0.247. The van der Waals surface area contributed by atoms with Crippen LogP contribution in [0.2, 0.25) is 0 Å². The summed E-state index contributed by atoms with van der Waals surface area (Å²) in [7, 11) is 1.31. The maximum atomic E-state index is 13.1. The highest BCUT2D eigenvalue weighted by molar-refractivity contribution is 5.96. The molecule has 2 amide bonds. The summed E-state index contributed by atoms with van der Waals surface area (Å²) >= 11 is 0. The van der Waals surface area contributed by atoms with Crippen molar-refractivity contribution < 1.29 is 23.9 Å². The number of pyridine rings is 1. The Morgan fingerprint density at radius 2 is 1.88 bits per heavy atom. The van der Waals surface area contributed by atoms with Crippen LogP contribution in [0.1, 0.15) is 65.7 Å². The second-order valence-electron chi connectivity index (χ2n) is 9.09. The fraction of sp³-hybridized carbons (Fsp3) is 0.500. The van der Waals surface area contributed by atoms with Gasteiger partial charge in [-0.2, -0.15) is 5.10 Å². The van der Waals surface area contributed by atoms with E-state index >= 15 is 0 Å². The van der Waals surface area contributed by atoms with Crippen LogP contribution in [0.5, 0.6) is 0 Å². The second kappa shape index (κ2) is 7.92. The molecule has 0 aromatic carbocycles. The summed E-state index contributed by atoms with van der Waals surface area (Å²) in [6, 6.07) is 3.37. The molecule has 0 spiro atoms. The minimum Gasteiger partial charge on any atom is -0.465 e. The molecule has 0 atom stereocenters. The lowest BCUT2D eigenvalue weighted by Gasteiger charge is -2.30. The Labute approximate surface area is 185 Å². The average Bonchev–Trinajstić information content (AvgIpc) is 3.40. The maximum Gasteiger partial charge on any atom is 0.410 e. The quantitative estimate of drug-likeness (QED) is 0.724. The summed E-state index contributed by atoms with van der Waals surface area (Å²) in [5.41, 5.74) is 0.977. The van der Waals surface area contributed by atoms with Crippen LogP contribution < -0.4 is 5.32 Å². The third-order valence-corrected chi connectivity index (χ3v) is 5.55. The molecule has 1 N–H and O–H groups in total. The van der Waals surface area contributed by atoms with Crippen LogP contribution in [-0.4, -0.2) is 56.9 Å². The summed E-state index contributed by atoms with van der Waals surface area (Å²) < 4.78 is 11.9. The summed E-state index contributed by atoms with van der Waals surface area (Å²) in [6.07, 6.45) is 4.07. The number of carbonyl (C=O) groups excluding carboxylic acids is 3. The van der Waals surface area contributed by atoms with Crippen LogP contribution >= 0.6 is 0 Å². The molecule has 3 heterocycles. The van der Waals surface area contributed by atoms with Crippen molar-refractivity contribution in [2.24, 2.45) is 0 Å². The van der Waals surface area contributed by atoms with Crippen LogP contribution in [-0.2, 0) is 28.1 Å². The van der Waals surface area contributed by atoms with E-state index in [4.69, 9.17) is 9.47 Å². The fourth-order valence-corrected chi connectivity index (χ4v) is 3.69. The number of esters is 1. The van der Waals surface area contributed by atoms with E-state index in [1.807, 2.05) is 20.8 Å². The first kappa shape index (κ1) is 21.8. The monoisotopic (exact) mass is 441 g/mol.